The van der Waals surface area contributed by atoms with Gasteiger partial charge in [0.2, 0.25) is 0 Å². The van der Waals surface area contributed by atoms with Crippen LogP contribution in [0.15, 0.2) is 60.7 Å². The van der Waals surface area contributed by atoms with Gasteiger partial charge in [0, 0.05) is 5.41 Å². The molecule has 1 heteroatoms. The Balaban J connectivity index is 2.21. The lowest BCUT2D eigenvalue weighted by atomic mass is 9.75. The minimum absolute atomic E-state index is 0.250. The highest BCUT2D eigenvalue weighted by atomic mass is 16.1. The molecule has 0 bridgehead atoms. The van der Waals surface area contributed by atoms with E-state index in [0.29, 0.717) is 0 Å². The fourth-order valence-electron chi connectivity index (χ4n) is 2.40. The van der Waals surface area contributed by atoms with Gasteiger partial charge in [-0.1, -0.05) is 67.6 Å². The van der Waals surface area contributed by atoms with Crippen LogP contribution in [0.2, 0.25) is 0 Å². The maximum atomic E-state index is 12.1. The maximum absolute atomic E-state index is 12.1. The van der Waals surface area contributed by atoms with Crippen molar-refractivity contribution in [2.75, 3.05) is 0 Å². The second-order valence-electron chi connectivity index (χ2n) is 5.44. The topological polar surface area (TPSA) is 17.1 Å². The van der Waals surface area contributed by atoms with E-state index in [9.17, 15) is 4.79 Å². The molecule has 0 aliphatic heterocycles. The van der Waals surface area contributed by atoms with E-state index >= 15 is 0 Å². The molecule has 2 aromatic rings. The molecule has 0 unspecified atom stereocenters. The van der Waals surface area contributed by atoms with Crippen LogP contribution in [-0.4, -0.2) is 5.78 Å². The number of rotatable bonds is 5. The summed E-state index contributed by atoms with van der Waals surface area (Å²) in [5.74, 6) is 0.250. The van der Waals surface area contributed by atoms with Crippen LogP contribution < -0.4 is 0 Å². The minimum Gasteiger partial charge on any atom is -0.299 e. The van der Waals surface area contributed by atoms with E-state index in [1.54, 1.807) is 6.92 Å². The van der Waals surface area contributed by atoms with Crippen LogP contribution in [0, 0.1) is 5.41 Å². The van der Waals surface area contributed by atoms with Gasteiger partial charge in [0.15, 0.2) is 0 Å². The van der Waals surface area contributed by atoms with Crippen molar-refractivity contribution < 1.29 is 4.79 Å². The molecular formula is C18H20O. The summed E-state index contributed by atoms with van der Waals surface area (Å²) in [6.45, 7) is 3.77. The first-order valence-corrected chi connectivity index (χ1v) is 6.69. The third kappa shape index (κ3) is 3.54. The van der Waals surface area contributed by atoms with Crippen LogP contribution in [0.25, 0.3) is 0 Å². The number of hydrogen-bond acceptors (Lipinski definition) is 1. The third-order valence-corrected chi connectivity index (χ3v) is 3.72. The molecule has 2 aromatic carbocycles. The third-order valence-electron chi connectivity index (χ3n) is 3.72. The summed E-state index contributed by atoms with van der Waals surface area (Å²) in [6.07, 6.45) is 1.58. The Kier molecular flexibility index (Phi) is 4.16. The minimum atomic E-state index is -0.331. The van der Waals surface area contributed by atoms with Crippen LogP contribution in [0.4, 0.5) is 0 Å². The summed E-state index contributed by atoms with van der Waals surface area (Å²) in [5.41, 5.74) is 2.11. The van der Waals surface area contributed by atoms with Crippen LogP contribution in [0.5, 0.6) is 0 Å². The van der Waals surface area contributed by atoms with E-state index in [4.69, 9.17) is 0 Å². The molecule has 0 amide bonds. The molecule has 0 fully saturated rings. The monoisotopic (exact) mass is 252 g/mol. The van der Waals surface area contributed by atoms with E-state index in [0.717, 1.165) is 12.8 Å². The van der Waals surface area contributed by atoms with Crippen LogP contribution in [0.3, 0.4) is 0 Å². The number of carbonyl (C=O) groups is 1. The molecule has 98 valence electrons. The van der Waals surface area contributed by atoms with Gasteiger partial charge in [0.25, 0.3) is 0 Å². The zero-order valence-corrected chi connectivity index (χ0v) is 11.6. The lowest BCUT2D eigenvalue weighted by Gasteiger charge is -2.27. The molecule has 0 saturated carbocycles. The molecular weight excluding hydrogens is 232 g/mol. The second kappa shape index (κ2) is 5.83. The van der Waals surface area contributed by atoms with Gasteiger partial charge >= 0.3 is 0 Å². The van der Waals surface area contributed by atoms with Crippen LogP contribution in [-0.2, 0) is 17.6 Å². The molecule has 0 aromatic heterocycles. The molecule has 0 aliphatic carbocycles. The van der Waals surface area contributed by atoms with E-state index < -0.39 is 0 Å². The molecule has 0 spiro atoms. The van der Waals surface area contributed by atoms with Crippen molar-refractivity contribution in [2.24, 2.45) is 5.41 Å². The van der Waals surface area contributed by atoms with Crippen molar-refractivity contribution in [1.82, 2.24) is 0 Å². The molecule has 0 radical (unpaired) electrons. The Bertz CT molecular complexity index is 487. The normalized spacial score (nSPS) is 11.3. The average molecular weight is 252 g/mol. The SMILES string of the molecule is CC(=O)C(C)(Cc1ccccc1)Cc1ccccc1. The maximum Gasteiger partial charge on any atom is 0.136 e. The van der Waals surface area contributed by atoms with E-state index in [1.165, 1.54) is 11.1 Å². The first-order valence-electron chi connectivity index (χ1n) is 6.69. The molecule has 1 nitrogen and oxygen atoms in total. The number of benzene rings is 2. The number of carbonyl (C=O) groups excluding carboxylic acids is 1. The number of hydrogen-bond donors (Lipinski definition) is 0. The van der Waals surface area contributed by atoms with Gasteiger partial charge < -0.3 is 0 Å². The second-order valence-corrected chi connectivity index (χ2v) is 5.44. The first kappa shape index (κ1) is 13.5. The average Bonchev–Trinajstić information content (AvgIpc) is 2.40. The molecule has 0 heterocycles. The van der Waals surface area contributed by atoms with Crippen molar-refractivity contribution in [3.05, 3.63) is 71.8 Å². The van der Waals surface area contributed by atoms with Crippen LogP contribution in [0.1, 0.15) is 25.0 Å². The van der Waals surface area contributed by atoms with Gasteiger partial charge in [-0.2, -0.15) is 0 Å². The predicted octanol–water partition coefficient (Wildman–Crippen LogP) is 4.07. The molecule has 2 rings (SSSR count). The molecule has 19 heavy (non-hydrogen) atoms. The van der Waals surface area contributed by atoms with Crippen molar-refractivity contribution in [3.63, 3.8) is 0 Å². The molecule has 0 N–H and O–H groups in total. The first-order chi connectivity index (χ1) is 9.10. The van der Waals surface area contributed by atoms with Gasteiger partial charge in [0.1, 0.15) is 5.78 Å². The van der Waals surface area contributed by atoms with Gasteiger partial charge in [-0.3, -0.25) is 4.79 Å². The van der Waals surface area contributed by atoms with Crippen molar-refractivity contribution in [1.29, 1.82) is 0 Å². The number of ketones is 1. The predicted molar refractivity (Wildman–Crippen MR) is 79.1 cm³/mol. The summed E-state index contributed by atoms with van der Waals surface area (Å²) >= 11 is 0. The smallest absolute Gasteiger partial charge is 0.136 e. The van der Waals surface area contributed by atoms with E-state index in [1.807, 2.05) is 36.4 Å². The summed E-state index contributed by atoms with van der Waals surface area (Å²) in [4.78, 5) is 12.1. The van der Waals surface area contributed by atoms with E-state index in [2.05, 4.69) is 31.2 Å². The fourth-order valence-corrected chi connectivity index (χ4v) is 2.40. The molecule has 0 saturated heterocycles. The lowest BCUT2D eigenvalue weighted by molar-refractivity contribution is -0.125. The molecule has 0 atom stereocenters. The molecule has 0 aliphatic rings. The highest BCUT2D eigenvalue weighted by Gasteiger charge is 2.30. The largest absolute Gasteiger partial charge is 0.299 e. The lowest BCUT2D eigenvalue weighted by Crippen LogP contribution is -2.30. The highest BCUT2D eigenvalue weighted by Crippen LogP contribution is 2.28. The van der Waals surface area contributed by atoms with Gasteiger partial charge in [0.05, 0.1) is 0 Å². The Morgan fingerprint density at radius 1 is 0.842 bits per heavy atom. The fraction of sp³-hybridized carbons (Fsp3) is 0.278. The quantitative estimate of drug-likeness (QED) is 0.784. The summed E-state index contributed by atoms with van der Waals surface area (Å²) < 4.78 is 0. The standard InChI is InChI=1S/C18H20O/c1-15(19)18(2,13-16-9-5-3-6-10-16)14-17-11-7-4-8-12-17/h3-12H,13-14H2,1-2H3. The zero-order chi connectivity index (χ0) is 13.7. The van der Waals surface area contributed by atoms with Crippen molar-refractivity contribution in [3.8, 4) is 0 Å². The highest BCUT2D eigenvalue weighted by molar-refractivity contribution is 5.82. The Hall–Kier alpha value is -1.89. The Labute approximate surface area is 115 Å². The van der Waals surface area contributed by atoms with Gasteiger partial charge in [-0.15, -0.1) is 0 Å². The van der Waals surface area contributed by atoms with E-state index in [-0.39, 0.29) is 11.2 Å². The Morgan fingerprint density at radius 3 is 1.53 bits per heavy atom. The summed E-state index contributed by atoms with van der Waals surface area (Å²) in [7, 11) is 0. The van der Waals surface area contributed by atoms with Gasteiger partial charge in [-0.25, -0.2) is 0 Å². The summed E-state index contributed by atoms with van der Waals surface area (Å²) in [5, 5.41) is 0. The van der Waals surface area contributed by atoms with Crippen molar-refractivity contribution in [2.45, 2.75) is 26.7 Å². The zero-order valence-electron chi connectivity index (χ0n) is 11.6. The van der Waals surface area contributed by atoms with Crippen molar-refractivity contribution >= 4 is 5.78 Å². The van der Waals surface area contributed by atoms with Gasteiger partial charge in [-0.05, 0) is 30.9 Å². The Morgan fingerprint density at radius 2 is 1.21 bits per heavy atom. The number of Topliss-reactive ketones (excluding diaryl/α,β-unsaturated/α-hetero) is 1. The summed E-state index contributed by atoms with van der Waals surface area (Å²) in [6, 6.07) is 20.5. The van der Waals surface area contributed by atoms with Crippen LogP contribution >= 0.6 is 0 Å².